The molecule has 1 aliphatic rings. The molecule has 1 unspecified atom stereocenters. The summed E-state index contributed by atoms with van der Waals surface area (Å²) in [7, 11) is 0. The predicted octanol–water partition coefficient (Wildman–Crippen LogP) is 5.70. The van der Waals surface area contributed by atoms with Gasteiger partial charge in [-0.15, -0.1) is 0 Å². The van der Waals surface area contributed by atoms with Gasteiger partial charge in [-0.3, -0.25) is 9.59 Å². The van der Waals surface area contributed by atoms with Crippen LogP contribution >= 0.6 is 11.6 Å². The maximum atomic E-state index is 12.7. The van der Waals surface area contributed by atoms with Gasteiger partial charge < -0.3 is 15.1 Å². The smallest absolute Gasteiger partial charge is 0.257 e. The van der Waals surface area contributed by atoms with E-state index in [1.165, 1.54) is 0 Å². The molecule has 0 spiro atoms. The molecule has 0 aliphatic carbocycles. The largest absolute Gasteiger partial charge is 0.368 e. The quantitative estimate of drug-likeness (QED) is 0.607. The summed E-state index contributed by atoms with van der Waals surface area (Å²) in [6.07, 6.45) is 1.68. The zero-order chi connectivity index (χ0) is 23.3. The van der Waals surface area contributed by atoms with Gasteiger partial charge in [0.1, 0.15) is 0 Å². The average Bonchev–Trinajstić information content (AvgIpc) is 2.73. The van der Waals surface area contributed by atoms with Crippen LogP contribution in [0.1, 0.15) is 50.9 Å². The molecule has 1 saturated heterocycles. The molecule has 1 fully saturated rings. The SMILES string of the molecule is CC(CC(=O)N1CCN(c2ccc(NC(=O)c3ccccc3Cl)cc2)CC1)CC(C)(C)C. The number of benzene rings is 2. The van der Waals surface area contributed by atoms with Crippen molar-refractivity contribution in [3.05, 3.63) is 59.1 Å². The minimum absolute atomic E-state index is 0.226. The van der Waals surface area contributed by atoms with Crippen LogP contribution in [0.15, 0.2) is 48.5 Å². The first-order chi connectivity index (χ1) is 15.1. The number of rotatable bonds is 6. The Kier molecular flexibility index (Phi) is 7.83. The van der Waals surface area contributed by atoms with Crippen LogP contribution in [0, 0.1) is 11.3 Å². The highest BCUT2D eigenvalue weighted by molar-refractivity contribution is 6.34. The van der Waals surface area contributed by atoms with E-state index in [2.05, 4.69) is 37.9 Å². The molecule has 0 radical (unpaired) electrons. The Morgan fingerprint density at radius 3 is 2.22 bits per heavy atom. The molecule has 1 atom stereocenters. The third-order valence-corrected chi connectivity index (χ3v) is 6.05. The molecule has 1 N–H and O–H groups in total. The van der Waals surface area contributed by atoms with Crippen LogP contribution in [-0.2, 0) is 4.79 Å². The van der Waals surface area contributed by atoms with Crippen LogP contribution in [-0.4, -0.2) is 42.9 Å². The highest BCUT2D eigenvalue weighted by atomic mass is 35.5. The van der Waals surface area contributed by atoms with Crippen LogP contribution < -0.4 is 10.2 Å². The fraction of sp³-hybridized carbons (Fsp3) is 0.462. The normalized spacial score (nSPS) is 15.4. The molecule has 6 heteroatoms. The number of hydrogen-bond acceptors (Lipinski definition) is 3. The Morgan fingerprint density at radius 1 is 1.00 bits per heavy atom. The number of piperazine rings is 1. The molecule has 2 aromatic carbocycles. The maximum Gasteiger partial charge on any atom is 0.257 e. The van der Waals surface area contributed by atoms with Crippen molar-refractivity contribution >= 4 is 34.8 Å². The number of amides is 2. The minimum Gasteiger partial charge on any atom is -0.368 e. The minimum atomic E-state index is -0.226. The van der Waals surface area contributed by atoms with Crippen molar-refractivity contribution in [2.45, 2.75) is 40.5 Å². The van der Waals surface area contributed by atoms with Crippen molar-refractivity contribution in [2.75, 3.05) is 36.4 Å². The van der Waals surface area contributed by atoms with Gasteiger partial charge in [-0.05, 0) is 54.2 Å². The molecule has 3 rings (SSSR count). The summed E-state index contributed by atoms with van der Waals surface area (Å²) in [4.78, 5) is 29.4. The van der Waals surface area contributed by atoms with Crippen molar-refractivity contribution in [3.8, 4) is 0 Å². The van der Waals surface area contributed by atoms with Crippen LogP contribution in [0.3, 0.4) is 0 Å². The molecule has 32 heavy (non-hydrogen) atoms. The molecule has 1 heterocycles. The Bertz CT molecular complexity index is 929. The molecule has 2 aromatic rings. The molecule has 0 bridgehead atoms. The Morgan fingerprint density at radius 2 is 1.62 bits per heavy atom. The molecule has 5 nitrogen and oxygen atoms in total. The molecule has 1 aliphatic heterocycles. The van der Waals surface area contributed by atoms with E-state index in [1.54, 1.807) is 24.3 Å². The van der Waals surface area contributed by atoms with Gasteiger partial charge in [-0.1, -0.05) is 51.4 Å². The summed E-state index contributed by atoms with van der Waals surface area (Å²) in [6, 6.07) is 14.8. The number of carbonyl (C=O) groups excluding carboxylic acids is 2. The van der Waals surface area contributed by atoms with Gasteiger partial charge in [0, 0.05) is 44.0 Å². The second-order valence-electron chi connectivity index (χ2n) is 9.92. The second-order valence-corrected chi connectivity index (χ2v) is 10.3. The van der Waals surface area contributed by atoms with Crippen LogP contribution in [0.2, 0.25) is 5.02 Å². The van der Waals surface area contributed by atoms with Crippen LogP contribution in [0.5, 0.6) is 0 Å². The first-order valence-electron chi connectivity index (χ1n) is 11.3. The van der Waals surface area contributed by atoms with Crippen molar-refractivity contribution in [1.29, 1.82) is 0 Å². The standard InChI is InChI=1S/C26H34ClN3O2/c1-19(18-26(2,3)4)17-24(31)30-15-13-29(14-16-30)21-11-9-20(10-12-21)28-25(32)22-7-5-6-8-23(22)27/h5-12,19H,13-18H2,1-4H3,(H,28,32). The van der Waals surface area contributed by atoms with Gasteiger partial charge >= 0.3 is 0 Å². The van der Waals surface area contributed by atoms with Gasteiger partial charge in [0.2, 0.25) is 5.91 Å². The number of carbonyl (C=O) groups is 2. The molecular formula is C26H34ClN3O2. The lowest BCUT2D eigenvalue weighted by molar-refractivity contribution is -0.132. The number of nitrogens with one attached hydrogen (secondary N) is 1. The fourth-order valence-electron chi connectivity index (χ4n) is 4.36. The van der Waals surface area contributed by atoms with Gasteiger partial charge in [0.05, 0.1) is 10.6 Å². The summed E-state index contributed by atoms with van der Waals surface area (Å²) in [6.45, 7) is 11.9. The lowest BCUT2D eigenvalue weighted by Crippen LogP contribution is -2.49. The number of anilines is 2. The van der Waals surface area contributed by atoms with Crippen molar-refractivity contribution in [1.82, 2.24) is 4.90 Å². The fourth-order valence-corrected chi connectivity index (χ4v) is 4.58. The first-order valence-corrected chi connectivity index (χ1v) is 11.7. The van der Waals surface area contributed by atoms with Gasteiger partial charge in [0.15, 0.2) is 0 Å². The zero-order valence-corrected chi connectivity index (χ0v) is 20.3. The molecule has 0 saturated carbocycles. The first kappa shape index (κ1) is 24.1. The van der Waals surface area contributed by atoms with E-state index in [0.717, 1.165) is 44.0 Å². The molecule has 172 valence electrons. The lowest BCUT2D eigenvalue weighted by atomic mass is 9.84. The Hall–Kier alpha value is -2.53. The van der Waals surface area contributed by atoms with Gasteiger partial charge in [-0.25, -0.2) is 0 Å². The van der Waals surface area contributed by atoms with Gasteiger partial charge in [0.25, 0.3) is 5.91 Å². The molecule has 2 amide bonds. The van der Waals surface area contributed by atoms with Gasteiger partial charge in [-0.2, -0.15) is 0 Å². The van der Waals surface area contributed by atoms with Crippen LogP contribution in [0.4, 0.5) is 11.4 Å². The second kappa shape index (κ2) is 10.4. The van der Waals surface area contributed by atoms with E-state index >= 15 is 0 Å². The van der Waals surface area contributed by atoms with Crippen molar-refractivity contribution in [3.63, 3.8) is 0 Å². The third-order valence-electron chi connectivity index (χ3n) is 5.73. The predicted molar refractivity (Wildman–Crippen MR) is 132 cm³/mol. The Labute approximate surface area is 196 Å². The summed E-state index contributed by atoms with van der Waals surface area (Å²) < 4.78 is 0. The van der Waals surface area contributed by atoms with E-state index in [4.69, 9.17) is 11.6 Å². The maximum absolute atomic E-state index is 12.7. The van der Waals surface area contributed by atoms with E-state index in [0.29, 0.717) is 22.9 Å². The molecular weight excluding hydrogens is 422 g/mol. The summed E-state index contributed by atoms with van der Waals surface area (Å²) in [5, 5.41) is 3.32. The topological polar surface area (TPSA) is 52.7 Å². The van der Waals surface area contributed by atoms with E-state index < -0.39 is 0 Å². The monoisotopic (exact) mass is 455 g/mol. The average molecular weight is 456 g/mol. The number of nitrogens with zero attached hydrogens (tertiary/aromatic N) is 2. The molecule has 0 aromatic heterocycles. The lowest BCUT2D eigenvalue weighted by Gasteiger charge is -2.37. The number of halogens is 1. The third kappa shape index (κ3) is 6.73. The number of hydrogen-bond donors (Lipinski definition) is 1. The highest BCUT2D eigenvalue weighted by Gasteiger charge is 2.24. The van der Waals surface area contributed by atoms with Crippen molar-refractivity contribution in [2.24, 2.45) is 11.3 Å². The summed E-state index contributed by atoms with van der Waals surface area (Å²) in [5.41, 5.74) is 2.52. The van der Waals surface area contributed by atoms with E-state index in [-0.39, 0.29) is 17.2 Å². The summed E-state index contributed by atoms with van der Waals surface area (Å²) >= 11 is 6.11. The summed E-state index contributed by atoms with van der Waals surface area (Å²) in [5.74, 6) is 0.434. The highest BCUT2D eigenvalue weighted by Crippen LogP contribution is 2.27. The Balaban J connectivity index is 1.50. The van der Waals surface area contributed by atoms with E-state index in [1.807, 2.05) is 29.2 Å². The zero-order valence-electron chi connectivity index (χ0n) is 19.5. The van der Waals surface area contributed by atoms with Crippen LogP contribution in [0.25, 0.3) is 0 Å². The van der Waals surface area contributed by atoms with E-state index in [9.17, 15) is 9.59 Å². The van der Waals surface area contributed by atoms with Crippen molar-refractivity contribution < 1.29 is 9.59 Å².